The highest BCUT2D eigenvalue weighted by Gasteiger charge is 2.37. The molecule has 6 aromatic rings. The lowest BCUT2D eigenvalue weighted by Crippen LogP contribution is -2.14. The van der Waals surface area contributed by atoms with Crippen molar-refractivity contribution in [2.45, 2.75) is 70.3 Å². The average molecular weight is 1300 g/mol. The Labute approximate surface area is 480 Å². The van der Waals surface area contributed by atoms with Crippen molar-refractivity contribution in [1.82, 2.24) is 19.9 Å². The molecule has 6 rings (SSSR count). The molecule has 2 heterocycles. The summed E-state index contributed by atoms with van der Waals surface area (Å²) >= 11 is 23.2. The van der Waals surface area contributed by atoms with Gasteiger partial charge in [-0.15, -0.1) is 46.4 Å². The summed E-state index contributed by atoms with van der Waals surface area (Å²) in [6.45, 7) is 6.26. The van der Waals surface area contributed by atoms with Gasteiger partial charge in [0.05, 0.1) is 72.6 Å². The van der Waals surface area contributed by atoms with Crippen LogP contribution in [-0.2, 0) is 62.1 Å². The zero-order valence-corrected chi connectivity index (χ0v) is 49.2. The summed E-state index contributed by atoms with van der Waals surface area (Å²) in [4.78, 5) is 34.4. The summed E-state index contributed by atoms with van der Waals surface area (Å²) in [5, 5.41) is 8.28. The van der Waals surface area contributed by atoms with Gasteiger partial charge in [-0.2, -0.15) is 88.0 Å². The van der Waals surface area contributed by atoms with Crippen molar-refractivity contribution in [3.05, 3.63) is 110 Å². The van der Waals surface area contributed by atoms with Gasteiger partial charge < -0.3 is 32.3 Å². The molecule has 0 aliphatic rings. The highest BCUT2D eigenvalue weighted by atomic mass is 35.5. The molecule has 0 saturated carbocycles. The number of H-pyrrole nitrogens is 2. The zero-order valence-electron chi connectivity index (χ0n) is 43.0. The third-order valence-electron chi connectivity index (χ3n) is 9.19. The molecule has 0 saturated heterocycles. The first-order valence-electron chi connectivity index (χ1n) is 21.6. The number of imidazole rings is 2. The Balaban J connectivity index is 0.000000965. The van der Waals surface area contributed by atoms with Crippen LogP contribution in [0.15, 0.2) is 48.5 Å². The molecule has 79 heavy (non-hydrogen) atoms. The molecule has 444 valence electrons. The molecule has 0 amide bonds. The van der Waals surface area contributed by atoms with Gasteiger partial charge in [0.2, 0.25) is 0 Å². The Morgan fingerprint density at radius 2 is 0.924 bits per heavy atom. The van der Waals surface area contributed by atoms with Gasteiger partial charge in [-0.1, -0.05) is 11.6 Å². The number of carbonyl (C=O) groups is 2. The normalized spacial score (nSPS) is 11.4. The monoisotopic (exact) mass is 1290 g/mol. The number of carbonyl (C=O) groups excluding carboxylic acids is 1. The lowest BCUT2D eigenvalue weighted by atomic mass is 9.99. The van der Waals surface area contributed by atoms with Crippen molar-refractivity contribution in [2.24, 2.45) is 0 Å². The number of alkyl halides is 16. The van der Waals surface area contributed by atoms with E-state index in [1.165, 1.54) is 67.3 Å². The minimum absolute atomic E-state index is 0.00662. The van der Waals surface area contributed by atoms with E-state index >= 15 is 0 Å². The highest BCUT2D eigenvalue weighted by Crippen LogP contribution is 2.39. The quantitative estimate of drug-likeness (QED) is 0.0427. The number of hydrogen-bond acceptors (Lipinski definition) is 12. The number of fused-ring (bicyclic) bond motifs is 2. The van der Waals surface area contributed by atoms with Crippen molar-refractivity contribution < 1.29 is 75.8 Å². The van der Waals surface area contributed by atoms with E-state index in [1.54, 1.807) is 32.4 Å². The Hall–Kier alpha value is -4.32. The summed E-state index contributed by atoms with van der Waals surface area (Å²) in [6.07, 6.45) is -11.5. The molecule has 2 aromatic heterocycles. The van der Waals surface area contributed by atoms with E-state index in [1.807, 2.05) is 6.26 Å². The van der Waals surface area contributed by atoms with Crippen LogP contribution in [0.4, 0.5) is 69.7 Å². The number of halogens is 16. The van der Waals surface area contributed by atoms with E-state index in [0.717, 1.165) is 30.5 Å². The van der Waals surface area contributed by atoms with Crippen LogP contribution in [0.5, 0.6) is 0 Å². The first-order chi connectivity index (χ1) is 36.1. The van der Waals surface area contributed by atoms with E-state index < -0.39 is 74.2 Å². The number of sulfone groups is 1. The number of nitrogens with two attached hydrogens (primary N) is 3. The maximum Gasteiger partial charge on any atom is 0.418 e. The molecular formula is C47H55Cl4F12N7O5S4. The molecule has 32 heteroatoms. The molecule has 9 N–H and O–H groups in total. The van der Waals surface area contributed by atoms with Crippen LogP contribution >= 0.6 is 81.7 Å². The minimum Gasteiger partial charge on any atom is -0.481 e. The van der Waals surface area contributed by atoms with Crippen LogP contribution < -0.4 is 17.2 Å². The van der Waals surface area contributed by atoms with E-state index in [9.17, 15) is 70.7 Å². The SMILES string of the molecule is CSCC(=O)Cc1cc(C)cc(C(F)(F)F)c1N.CSCC(=O)O.CSCc1nc2c(C(F)(F)F)cc(C)cc2[nH]1.Cc1cc(C(F)(F)F)c2nc(CS(C)(=O)=O)[nH]c2c1.Cc1cc(N)c(N)c(C(F)(F)F)c1.ClCCl.ClCCl. The standard InChI is InChI=1S/C12H14F3NOS.C11H11F3N2O2S.C11H11F3N2S.C8H9F3N2.C3H6O2S.2CH2Cl2/c1-7-3-8(5-9(17)6-18-2)11(16)10(4-7)12(13,14)15;1-6-3-7(11(12,13)14)10-8(4-6)15-9(16-10)5-19(2,17)18;1-6-3-7(11(12,13)14)10-8(4-6)15-9(16-10)5-17-2;1-4-2-5(8(9,10)11)7(13)6(12)3-4;1-6-2-3(4)5;2*2-1-3/h3-4H,5-6,16H2,1-2H3;3-4H,5H2,1-2H3,(H,15,16);3-4H,5H2,1-2H3,(H,15,16);2-3H,12-13H2,1H3;2H2,1H3,(H,4,5);2*1H2. The third-order valence-corrected chi connectivity index (χ3v) is 11.7. The van der Waals surface area contributed by atoms with Crippen LogP contribution in [0.1, 0.15) is 61.7 Å². The van der Waals surface area contributed by atoms with Gasteiger partial charge in [0.15, 0.2) is 9.84 Å². The fourth-order valence-electron chi connectivity index (χ4n) is 6.44. The average Bonchev–Trinajstić information content (AvgIpc) is 3.87. The maximum absolute atomic E-state index is 12.9. The van der Waals surface area contributed by atoms with E-state index in [0.29, 0.717) is 39.3 Å². The number of rotatable bonds is 10. The predicted molar refractivity (Wildman–Crippen MR) is 299 cm³/mol. The number of ketones is 1. The van der Waals surface area contributed by atoms with Gasteiger partial charge >= 0.3 is 30.7 Å². The Kier molecular flexibility index (Phi) is 31.7. The predicted octanol–water partition coefficient (Wildman–Crippen LogP) is 14.7. The molecule has 0 aliphatic carbocycles. The molecule has 4 aromatic carbocycles. The number of anilines is 3. The second kappa shape index (κ2) is 33.6. The fraction of sp³-hybridized carbons (Fsp3) is 0.404. The Bertz CT molecular complexity index is 3030. The summed E-state index contributed by atoms with van der Waals surface area (Å²) in [5.41, 5.74) is 14.5. The number of carboxylic acid groups (broad SMARTS) is 1. The number of aromatic nitrogens is 4. The number of nitrogen functional groups attached to an aromatic ring is 3. The van der Waals surface area contributed by atoms with Crippen LogP contribution in [0.2, 0.25) is 0 Å². The number of aromatic amines is 2. The molecule has 0 unspecified atom stereocenters. The van der Waals surface area contributed by atoms with Crippen molar-refractivity contribution in [2.75, 3.05) is 64.4 Å². The van der Waals surface area contributed by atoms with Gasteiger partial charge in [0.1, 0.15) is 34.2 Å². The largest absolute Gasteiger partial charge is 0.481 e. The summed E-state index contributed by atoms with van der Waals surface area (Å²) < 4.78 is 174. The van der Waals surface area contributed by atoms with E-state index in [-0.39, 0.29) is 73.7 Å². The van der Waals surface area contributed by atoms with E-state index in [2.05, 4.69) is 19.9 Å². The summed E-state index contributed by atoms with van der Waals surface area (Å²) in [6, 6.07) is 10.2. The van der Waals surface area contributed by atoms with E-state index in [4.69, 9.17) is 68.7 Å². The maximum atomic E-state index is 12.9. The molecule has 0 radical (unpaired) electrons. The number of benzene rings is 4. The molecule has 0 aliphatic heterocycles. The van der Waals surface area contributed by atoms with Gasteiger partial charge in [0.25, 0.3) is 0 Å². The van der Waals surface area contributed by atoms with Crippen LogP contribution in [0.3, 0.4) is 0 Å². The molecule has 0 bridgehead atoms. The third kappa shape index (κ3) is 27.3. The number of Topliss-reactive ketones (excluding diaryl/α,β-unsaturated/α-hetero) is 1. The van der Waals surface area contributed by atoms with Crippen molar-refractivity contribution in [3.8, 4) is 0 Å². The fourth-order valence-corrected chi connectivity index (χ4v) is 8.16. The number of carboxylic acids is 1. The first kappa shape index (κ1) is 74.7. The second-order valence-corrected chi connectivity index (χ2v) is 22.5. The molecule has 0 atom stereocenters. The van der Waals surface area contributed by atoms with Crippen LogP contribution in [0.25, 0.3) is 22.1 Å². The molecular weight excluding hydrogens is 1240 g/mol. The summed E-state index contributed by atoms with van der Waals surface area (Å²) in [7, 11) is -3.36. The molecule has 0 fully saturated rings. The number of aliphatic carboxylic acids is 1. The minimum atomic E-state index is -4.53. The number of nitrogens with one attached hydrogen (secondary N) is 2. The van der Waals surface area contributed by atoms with Crippen molar-refractivity contribution in [1.29, 1.82) is 0 Å². The van der Waals surface area contributed by atoms with Crippen LogP contribution in [0, 0.1) is 27.7 Å². The topological polar surface area (TPSA) is 224 Å². The molecule has 12 nitrogen and oxygen atoms in total. The zero-order chi connectivity index (χ0) is 61.6. The lowest BCUT2D eigenvalue weighted by Gasteiger charge is -2.14. The Morgan fingerprint density at radius 1 is 0.570 bits per heavy atom. The number of aryl methyl sites for hydroxylation is 4. The van der Waals surface area contributed by atoms with Crippen LogP contribution in [-0.4, -0.2) is 92.4 Å². The number of hydrogen-bond donors (Lipinski definition) is 6. The smallest absolute Gasteiger partial charge is 0.418 e. The van der Waals surface area contributed by atoms with Gasteiger partial charge in [0, 0.05) is 18.4 Å². The van der Waals surface area contributed by atoms with Crippen molar-refractivity contribution >= 4 is 142 Å². The number of thioether (sulfide) groups is 3. The van der Waals surface area contributed by atoms with Crippen molar-refractivity contribution in [3.63, 3.8) is 0 Å². The molecule has 0 spiro atoms. The first-order valence-corrected chi connectivity index (χ1v) is 30.0. The van der Waals surface area contributed by atoms with Gasteiger partial charge in [-0.25, -0.2) is 18.4 Å². The van der Waals surface area contributed by atoms with Gasteiger partial charge in [-0.3, -0.25) is 9.59 Å². The van der Waals surface area contributed by atoms with Gasteiger partial charge in [-0.05, 0) is 111 Å². The number of nitrogens with zero attached hydrogens (tertiary/aromatic N) is 2. The second-order valence-electron chi connectivity index (χ2n) is 16.2. The Morgan fingerprint density at radius 3 is 1.28 bits per heavy atom. The lowest BCUT2D eigenvalue weighted by molar-refractivity contribution is -0.137. The highest BCUT2D eigenvalue weighted by molar-refractivity contribution is 7.99. The summed E-state index contributed by atoms with van der Waals surface area (Å²) in [5.74, 6) is 0.338.